The predicted octanol–water partition coefficient (Wildman–Crippen LogP) is 5.98. The zero-order valence-electron chi connectivity index (χ0n) is 20.2. The van der Waals surface area contributed by atoms with Crippen LogP contribution >= 0.6 is 0 Å². The quantitative estimate of drug-likeness (QED) is 0.296. The van der Waals surface area contributed by atoms with Gasteiger partial charge in [0.1, 0.15) is 5.75 Å². The second kappa shape index (κ2) is 11.1. The average molecular weight is 501 g/mol. The summed E-state index contributed by atoms with van der Waals surface area (Å²) in [7, 11) is -3.75. The zero-order chi connectivity index (χ0) is 25.5. The highest BCUT2D eigenvalue weighted by molar-refractivity contribution is 7.92. The van der Waals surface area contributed by atoms with Gasteiger partial charge < -0.3 is 10.1 Å². The van der Waals surface area contributed by atoms with Crippen molar-refractivity contribution >= 4 is 27.3 Å². The minimum atomic E-state index is -3.75. The van der Waals surface area contributed by atoms with Crippen molar-refractivity contribution in [2.75, 3.05) is 16.6 Å². The molecule has 0 unspecified atom stereocenters. The van der Waals surface area contributed by atoms with Gasteiger partial charge >= 0.3 is 0 Å². The summed E-state index contributed by atoms with van der Waals surface area (Å²) in [6, 6.07) is 28.6. The van der Waals surface area contributed by atoms with Gasteiger partial charge in [0.25, 0.3) is 15.9 Å². The van der Waals surface area contributed by atoms with Crippen LogP contribution in [0.15, 0.2) is 102 Å². The lowest BCUT2D eigenvalue weighted by molar-refractivity contribution is 0.102. The Morgan fingerprint density at radius 3 is 2.19 bits per heavy atom. The summed E-state index contributed by atoms with van der Waals surface area (Å²) in [6.07, 6.45) is 0.801. The molecule has 0 heterocycles. The number of amides is 1. The molecule has 0 fully saturated rings. The van der Waals surface area contributed by atoms with Crippen molar-refractivity contribution < 1.29 is 17.9 Å². The monoisotopic (exact) mass is 500 g/mol. The number of benzene rings is 4. The molecule has 6 nitrogen and oxygen atoms in total. The van der Waals surface area contributed by atoms with Gasteiger partial charge in [-0.2, -0.15) is 0 Å². The molecule has 0 aliphatic carbocycles. The minimum Gasteiger partial charge on any atom is -0.493 e. The second-order valence-electron chi connectivity index (χ2n) is 8.51. The first kappa shape index (κ1) is 25.0. The molecule has 4 aromatic rings. The SMILES string of the molecule is Cc1ccc(NS(=O)(=O)c2ccc(NC(=O)c3ccc(OCCc4ccccc4)cc3)cc2)c(C)c1. The third-order valence-electron chi connectivity index (χ3n) is 5.67. The second-order valence-corrected chi connectivity index (χ2v) is 10.2. The molecule has 0 aliphatic heterocycles. The maximum absolute atomic E-state index is 12.8. The van der Waals surface area contributed by atoms with Crippen LogP contribution in [0.25, 0.3) is 0 Å². The molecule has 1 amide bonds. The summed E-state index contributed by atoms with van der Waals surface area (Å²) in [5, 5.41) is 2.79. The number of hydrogen-bond acceptors (Lipinski definition) is 4. The topological polar surface area (TPSA) is 84.5 Å². The van der Waals surface area contributed by atoms with Crippen LogP contribution in [0.4, 0.5) is 11.4 Å². The summed E-state index contributed by atoms with van der Waals surface area (Å²) in [5.74, 6) is 0.392. The van der Waals surface area contributed by atoms with Crippen LogP contribution in [0.5, 0.6) is 5.75 Å². The van der Waals surface area contributed by atoms with E-state index in [-0.39, 0.29) is 10.8 Å². The van der Waals surface area contributed by atoms with Crippen molar-refractivity contribution in [3.05, 3.63) is 119 Å². The Hall–Kier alpha value is -4.10. The molecule has 0 atom stereocenters. The van der Waals surface area contributed by atoms with Crippen molar-refractivity contribution in [2.24, 2.45) is 0 Å². The Morgan fingerprint density at radius 1 is 0.833 bits per heavy atom. The molecule has 0 aromatic heterocycles. The van der Waals surface area contributed by atoms with Crippen LogP contribution in [0.2, 0.25) is 0 Å². The van der Waals surface area contributed by atoms with Gasteiger partial charge in [0, 0.05) is 17.7 Å². The van der Waals surface area contributed by atoms with Gasteiger partial charge in [0.2, 0.25) is 0 Å². The molecule has 0 saturated carbocycles. The standard InChI is InChI=1S/C29H28N2O4S/c1-21-8-17-28(22(2)20-21)31-36(33,34)27-15-11-25(12-16-27)30-29(32)24-9-13-26(14-10-24)35-19-18-23-6-4-3-5-7-23/h3-17,20,31H,18-19H2,1-2H3,(H,30,32). The van der Waals surface area contributed by atoms with Crippen LogP contribution in [-0.2, 0) is 16.4 Å². The molecule has 184 valence electrons. The highest BCUT2D eigenvalue weighted by Crippen LogP contribution is 2.22. The van der Waals surface area contributed by atoms with Crippen molar-refractivity contribution in [1.29, 1.82) is 0 Å². The number of aryl methyl sites for hydroxylation is 2. The van der Waals surface area contributed by atoms with E-state index in [1.165, 1.54) is 17.7 Å². The van der Waals surface area contributed by atoms with Gasteiger partial charge in [-0.15, -0.1) is 0 Å². The third kappa shape index (κ3) is 6.52. The number of nitrogens with one attached hydrogen (secondary N) is 2. The molecule has 0 aliphatic rings. The van der Waals surface area contributed by atoms with Crippen molar-refractivity contribution in [1.82, 2.24) is 0 Å². The number of carbonyl (C=O) groups excluding carboxylic acids is 1. The van der Waals surface area contributed by atoms with E-state index in [1.54, 1.807) is 42.5 Å². The van der Waals surface area contributed by atoms with E-state index < -0.39 is 10.0 Å². The van der Waals surface area contributed by atoms with Gasteiger partial charge in [-0.3, -0.25) is 9.52 Å². The summed E-state index contributed by atoms with van der Waals surface area (Å²) in [5.41, 5.74) is 4.60. The van der Waals surface area contributed by atoms with Gasteiger partial charge in [-0.05, 0) is 79.6 Å². The molecule has 36 heavy (non-hydrogen) atoms. The van der Waals surface area contributed by atoms with Crippen molar-refractivity contribution in [3.8, 4) is 5.75 Å². The first-order valence-electron chi connectivity index (χ1n) is 11.6. The van der Waals surface area contributed by atoms with Crippen molar-refractivity contribution in [3.63, 3.8) is 0 Å². The number of carbonyl (C=O) groups is 1. The van der Waals surface area contributed by atoms with E-state index in [0.717, 1.165) is 17.5 Å². The molecule has 0 spiro atoms. The van der Waals surface area contributed by atoms with Gasteiger partial charge in [-0.1, -0.05) is 48.0 Å². The van der Waals surface area contributed by atoms with E-state index >= 15 is 0 Å². The lowest BCUT2D eigenvalue weighted by Gasteiger charge is -2.12. The summed E-state index contributed by atoms with van der Waals surface area (Å²) < 4.78 is 33.9. The molecule has 0 bridgehead atoms. The number of sulfonamides is 1. The molecular formula is C29H28N2O4S. The van der Waals surface area contributed by atoms with Crippen molar-refractivity contribution in [2.45, 2.75) is 25.2 Å². The molecule has 0 radical (unpaired) electrons. The van der Waals surface area contributed by atoms with Crippen LogP contribution in [-0.4, -0.2) is 20.9 Å². The number of rotatable bonds is 9. The molecule has 4 rings (SSSR count). The maximum Gasteiger partial charge on any atom is 0.261 e. The number of hydrogen-bond donors (Lipinski definition) is 2. The highest BCUT2D eigenvalue weighted by atomic mass is 32.2. The van der Waals surface area contributed by atoms with E-state index in [0.29, 0.717) is 29.3 Å². The fraction of sp³-hybridized carbons (Fsp3) is 0.138. The third-order valence-corrected chi connectivity index (χ3v) is 7.05. The summed E-state index contributed by atoms with van der Waals surface area (Å²) >= 11 is 0. The first-order chi connectivity index (χ1) is 17.3. The average Bonchev–Trinajstić information content (AvgIpc) is 2.87. The van der Waals surface area contributed by atoms with Gasteiger partial charge in [0.15, 0.2) is 0 Å². The Morgan fingerprint density at radius 2 is 1.53 bits per heavy atom. The van der Waals surface area contributed by atoms with E-state index in [9.17, 15) is 13.2 Å². The van der Waals surface area contributed by atoms with E-state index in [1.807, 2.05) is 44.2 Å². The largest absolute Gasteiger partial charge is 0.493 e. The molecule has 0 saturated heterocycles. The van der Waals surface area contributed by atoms with Crippen LogP contribution in [0.1, 0.15) is 27.0 Å². The Bertz CT molecular complexity index is 1430. The molecule has 4 aromatic carbocycles. The fourth-order valence-corrected chi connectivity index (χ4v) is 4.82. The maximum atomic E-state index is 12.8. The Kier molecular flexibility index (Phi) is 7.71. The minimum absolute atomic E-state index is 0.109. The predicted molar refractivity (Wildman–Crippen MR) is 143 cm³/mol. The summed E-state index contributed by atoms with van der Waals surface area (Å²) in [4.78, 5) is 12.7. The fourth-order valence-electron chi connectivity index (χ4n) is 3.69. The normalized spacial score (nSPS) is 11.1. The first-order valence-corrected chi connectivity index (χ1v) is 13.1. The van der Waals surface area contributed by atoms with Gasteiger partial charge in [-0.25, -0.2) is 8.42 Å². The lowest BCUT2D eigenvalue weighted by Crippen LogP contribution is -2.15. The Balaban J connectivity index is 1.33. The van der Waals surface area contributed by atoms with Crippen LogP contribution in [0, 0.1) is 13.8 Å². The van der Waals surface area contributed by atoms with Gasteiger partial charge in [0.05, 0.1) is 17.2 Å². The van der Waals surface area contributed by atoms with E-state index in [4.69, 9.17) is 4.74 Å². The van der Waals surface area contributed by atoms with E-state index in [2.05, 4.69) is 22.2 Å². The molecule has 7 heteroatoms. The number of ether oxygens (including phenoxy) is 1. The zero-order valence-corrected chi connectivity index (χ0v) is 21.0. The van der Waals surface area contributed by atoms with Crippen LogP contribution < -0.4 is 14.8 Å². The van der Waals surface area contributed by atoms with Crippen LogP contribution in [0.3, 0.4) is 0 Å². The Labute approximate surface area is 212 Å². The molecular weight excluding hydrogens is 472 g/mol. The smallest absolute Gasteiger partial charge is 0.261 e. The lowest BCUT2D eigenvalue weighted by atomic mass is 10.1. The molecule has 2 N–H and O–H groups in total. The summed E-state index contributed by atoms with van der Waals surface area (Å²) in [6.45, 7) is 4.35. The number of anilines is 2. The highest BCUT2D eigenvalue weighted by Gasteiger charge is 2.16.